The number of carbonyl (C=O) groups is 2. The average Bonchev–Trinajstić information content (AvgIpc) is 3.15. The summed E-state index contributed by atoms with van der Waals surface area (Å²) in [7, 11) is 0. The zero-order chi connectivity index (χ0) is 24.0. The Morgan fingerprint density at radius 2 is 2.00 bits per heavy atom. The molecule has 0 unspecified atom stereocenters. The smallest absolute Gasteiger partial charge is 0.437 e. The van der Waals surface area contributed by atoms with Crippen LogP contribution in [0.3, 0.4) is 0 Å². The monoisotopic (exact) mass is 472 g/mol. The molecule has 0 saturated heterocycles. The van der Waals surface area contributed by atoms with Crippen molar-refractivity contribution in [1.82, 2.24) is 9.78 Å². The van der Waals surface area contributed by atoms with Gasteiger partial charge in [-0.3, -0.25) is 9.59 Å². The highest BCUT2D eigenvalue weighted by Gasteiger charge is 2.20. The summed E-state index contributed by atoms with van der Waals surface area (Å²) in [5.41, 5.74) is 1.59. The van der Waals surface area contributed by atoms with Crippen LogP contribution < -0.4 is 10.7 Å². The van der Waals surface area contributed by atoms with Gasteiger partial charge in [0.2, 0.25) is 5.89 Å². The number of benzene rings is 2. The highest BCUT2D eigenvalue weighted by molar-refractivity contribution is 6.31. The maximum atomic E-state index is 13.0. The molecule has 0 aliphatic rings. The van der Waals surface area contributed by atoms with E-state index in [2.05, 4.69) is 5.10 Å². The molecule has 0 saturated carbocycles. The lowest BCUT2D eigenvalue weighted by Crippen LogP contribution is -2.36. The van der Waals surface area contributed by atoms with E-state index in [0.29, 0.717) is 16.3 Å². The van der Waals surface area contributed by atoms with Crippen molar-refractivity contribution in [2.45, 2.75) is 19.9 Å². The lowest BCUT2D eigenvalue weighted by atomic mass is 10.2. The molecule has 9 nitrogen and oxygen atoms in total. The van der Waals surface area contributed by atoms with E-state index in [-0.39, 0.29) is 18.9 Å². The predicted molar refractivity (Wildman–Crippen MR) is 116 cm³/mol. The number of halogens is 2. The second kappa shape index (κ2) is 10.6. The van der Waals surface area contributed by atoms with Gasteiger partial charge in [-0.05, 0) is 55.0 Å². The number of rotatable bonds is 8. The number of nitriles is 1. The molecule has 1 amide bonds. The maximum Gasteiger partial charge on any atom is 0.437 e. The fourth-order valence-electron chi connectivity index (χ4n) is 2.86. The van der Waals surface area contributed by atoms with Gasteiger partial charge in [0.05, 0.1) is 12.5 Å². The van der Waals surface area contributed by atoms with Gasteiger partial charge in [0, 0.05) is 22.8 Å². The van der Waals surface area contributed by atoms with Crippen molar-refractivity contribution in [3.05, 3.63) is 69.4 Å². The first kappa shape index (κ1) is 23.7. The van der Waals surface area contributed by atoms with E-state index in [9.17, 15) is 18.8 Å². The number of hydrogen-bond acceptors (Lipinski definition) is 7. The number of hydrogen-bond donors (Lipinski definition) is 0. The van der Waals surface area contributed by atoms with Crippen molar-refractivity contribution in [3.63, 3.8) is 0 Å². The third kappa shape index (κ3) is 6.05. The third-order valence-corrected chi connectivity index (χ3v) is 4.96. The van der Waals surface area contributed by atoms with Crippen LogP contribution in [0.15, 0.2) is 51.7 Å². The molecule has 0 N–H and O–H groups in total. The van der Waals surface area contributed by atoms with Gasteiger partial charge in [-0.1, -0.05) is 11.6 Å². The van der Waals surface area contributed by atoms with Crippen LogP contribution in [0.4, 0.5) is 10.1 Å². The molecule has 11 heteroatoms. The summed E-state index contributed by atoms with van der Waals surface area (Å²) in [4.78, 5) is 38.1. The van der Waals surface area contributed by atoms with E-state index in [1.807, 2.05) is 6.07 Å². The number of ether oxygens (including phenoxy) is 1. The van der Waals surface area contributed by atoms with Gasteiger partial charge in [0.1, 0.15) is 12.4 Å². The summed E-state index contributed by atoms with van der Waals surface area (Å²) in [5, 5.41) is 13.3. The molecule has 1 aromatic heterocycles. The molecular weight excluding hydrogens is 455 g/mol. The molecule has 0 aliphatic carbocycles. The van der Waals surface area contributed by atoms with Crippen molar-refractivity contribution < 1.29 is 23.1 Å². The minimum atomic E-state index is -0.912. The fourth-order valence-corrected chi connectivity index (χ4v) is 2.98. The highest BCUT2D eigenvalue weighted by atomic mass is 35.5. The molecule has 3 rings (SSSR count). The molecular formula is C22H18ClFN4O5. The molecule has 3 aromatic rings. The van der Waals surface area contributed by atoms with E-state index in [0.717, 1.165) is 10.2 Å². The van der Waals surface area contributed by atoms with Gasteiger partial charge < -0.3 is 14.1 Å². The Labute approximate surface area is 192 Å². The normalized spacial score (nSPS) is 10.5. The molecule has 0 radical (unpaired) electrons. The predicted octanol–water partition coefficient (Wildman–Crippen LogP) is 3.09. The Balaban J connectivity index is 1.64. The second-order valence-electron chi connectivity index (χ2n) is 6.89. The van der Waals surface area contributed by atoms with Crippen molar-refractivity contribution >= 4 is 29.2 Å². The van der Waals surface area contributed by atoms with Crippen LogP contribution in [-0.4, -0.2) is 34.8 Å². The van der Waals surface area contributed by atoms with E-state index in [4.69, 9.17) is 26.0 Å². The highest BCUT2D eigenvalue weighted by Crippen LogP contribution is 2.23. The van der Waals surface area contributed by atoms with Crippen LogP contribution >= 0.6 is 11.6 Å². The summed E-state index contributed by atoms with van der Waals surface area (Å²) in [6.45, 7) is 0.671. The molecule has 0 atom stereocenters. The number of aromatic nitrogens is 2. The van der Waals surface area contributed by atoms with Crippen molar-refractivity contribution in [3.8, 4) is 17.5 Å². The van der Waals surface area contributed by atoms with Crippen LogP contribution in [0.5, 0.6) is 0 Å². The van der Waals surface area contributed by atoms with Crippen LogP contribution in [-0.2, 0) is 20.9 Å². The Hall–Kier alpha value is -3.97. The summed E-state index contributed by atoms with van der Waals surface area (Å²) in [6.07, 6.45) is 0.0713. The topological polar surface area (TPSA) is 118 Å². The first-order valence-electron chi connectivity index (χ1n) is 9.71. The largest absolute Gasteiger partial charge is 0.454 e. The van der Waals surface area contributed by atoms with E-state index < -0.39 is 36.6 Å². The standard InChI is InChI=1S/C22H18ClFN4O5/c1-14-11-17(7-8-18(14)23)27(10-2-9-25)19(29)13-32-20(30)12-28-22(31)33-21(26-28)15-3-5-16(24)6-4-15/h3-8,11H,2,10,12-13H2,1H3. The molecule has 0 fully saturated rings. The number of esters is 1. The first-order chi connectivity index (χ1) is 15.8. The number of aryl methyl sites for hydroxylation is 1. The Morgan fingerprint density at radius 3 is 2.67 bits per heavy atom. The lowest BCUT2D eigenvalue weighted by Gasteiger charge is -2.22. The quantitative estimate of drug-likeness (QED) is 0.462. The molecule has 2 aromatic carbocycles. The summed E-state index contributed by atoms with van der Waals surface area (Å²) in [5.74, 6) is -2.92. The first-order valence-corrected chi connectivity index (χ1v) is 10.1. The Bertz CT molecular complexity index is 1260. The third-order valence-electron chi connectivity index (χ3n) is 4.53. The number of amides is 1. The van der Waals surface area contributed by atoms with Gasteiger partial charge in [0.25, 0.3) is 5.91 Å². The van der Waals surface area contributed by atoms with E-state index >= 15 is 0 Å². The summed E-state index contributed by atoms with van der Waals surface area (Å²) >= 11 is 6.03. The van der Waals surface area contributed by atoms with E-state index in [1.165, 1.54) is 29.2 Å². The van der Waals surface area contributed by atoms with Crippen LogP contribution in [0.1, 0.15) is 12.0 Å². The molecule has 170 valence electrons. The van der Waals surface area contributed by atoms with E-state index in [1.54, 1.807) is 25.1 Å². The van der Waals surface area contributed by atoms with Gasteiger partial charge in [-0.25, -0.2) is 9.18 Å². The number of anilines is 1. The number of carbonyl (C=O) groups excluding carboxylic acids is 2. The summed E-state index contributed by atoms with van der Waals surface area (Å²) < 4.78 is 23.8. The minimum Gasteiger partial charge on any atom is -0.454 e. The lowest BCUT2D eigenvalue weighted by molar-refractivity contribution is -0.148. The van der Waals surface area contributed by atoms with Crippen LogP contribution in [0, 0.1) is 24.1 Å². The van der Waals surface area contributed by atoms with Gasteiger partial charge >= 0.3 is 11.7 Å². The summed E-state index contributed by atoms with van der Waals surface area (Å²) in [6, 6.07) is 12.0. The zero-order valence-corrected chi connectivity index (χ0v) is 18.2. The zero-order valence-electron chi connectivity index (χ0n) is 17.5. The molecule has 0 bridgehead atoms. The van der Waals surface area contributed by atoms with Gasteiger partial charge in [-0.2, -0.15) is 9.94 Å². The Kier molecular flexibility index (Phi) is 7.58. The molecule has 0 aliphatic heterocycles. The minimum absolute atomic E-state index is 0.0713. The number of nitrogens with zero attached hydrogens (tertiary/aromatic N) is 4. The average molecular weight is 473 g/mol. The Morgan fingerprint density at radius 1 is 1.27 bits per heavy atom. The molecule has 1 heterocycles. The maximum absolute atomic E-state index is 13.0. The second-order valence-corrected chi connectivity index (χ2v) is 7.29. The van der Waals surface area contributed by atoms with Crippen molar-refractivity contribution in [2.75, 3.05) is 18.1 Å². The molecule has 0 spiro atoms. The fraction of sp³-hybridized carbons (Fsp3) is 0.227. The van der Waals surface area contributed by atoms with Gasteiger partial charge in [0.15, 0.2) is 6.61 Å². The molecule has 33 heavy (non-hydrogen) atoms. The van der Waals surface area contributed by atoms with Crippen molar-refractivity contribution in [2.24, 2.45) is 0 Å². The van der Waals surface area contributed by atoms with Crippen LogP contribution in [0.25, 0.3) is 11.5 Å². The van der Waals surface area contributed by atoms with Gasteiger partial charge in [-0.15, -0.1) is 5.10 Å². The van der Waals surface area contributed by atoms with Crippen LogP contribution in [0.2, 0.25) is 5.02 Å². The SMILES string of the molecule is Cc1cc(N(CCC#N)C(=O)COC(=O)Cn2nc(-c3ccc(F)cc3)oc2=O)ccc1Cl. The van der Waals surface area contributed by atoms with Crippen molar-refractivity contribution in [1.29, 1.82) is 5.26 Å².